The number of furan rings is 1. The normalized spacial score (nSPS) is 15.7. The van der Waals surface area contributed by atoms with Gasteiger partial charge in [0.1, 0.15) is 18.4 Å². The summed E-state index contributed by atoms with van der Waals surface area (Å²) < 4.78 is 16.6. The van der Waals surface area contributed by atoms with E-state index in [0.29, 0.717) is 25.3 Å². The molecule has 1 N–H and O–H groups in total. The number of carbonyl (C=O) groups is 2. The Morgan fingerprint density at radius 1 is 1.21 bits per heavy atom. The molecular formula is C21H26N2O5. The van der Waals surface area contributed by atoms with Crippen molar-refractivity contribution in [2.45, 2.75) is 38.8 Å². The number of nitrogens with zero attached hydrogens (tertiary/aromatic N) is 1. The molecular weight excluding hydrogens is 360 g/mol. The van der Waals surface area contributed by atoms with Crippen molar-refractivity contribution < 1.29 is 23.5 Å². The Balaban J connectivity index is 1.49. The van der Waals surface area contributed by atoms with Gasteiger partial charge in [0.2, 0.25) is 5.91 Å². The number of rotatable bonds is 7. The summed E-state index contributed by atoms with van der Waals surface area (Å²) in [7, 11) is 0. The maximum Gasteiger partial charge on any atom is 0.255 e. The van der Waals surface area contributed by atoms with E-state index in [4.69, 9.17) is 13.9 Å². The quantitative estimate of drug-likeness (QED) is 0.791. The van der Waals surface area contributed by atoms with Crippen LogP contribution in [0.15, 0.2) is 47.3 Å². The summed E-state index contributed by atoms with van der Waals surface area (Å²) in [5.41, 5.74) is 0.403. The van der Waals surface area contributed by atoms with Gasteiger partial charge in [-0.05, 0) is 32.0 Å². The van der Waals surface area contributed by atoms with E-state index in [0.717, 1.165) is 24.3 Å². The van der Waals surface area contributed by atoms with Gasteiger partial charge in [-0.1, -0.05) is 12.1 Å². The number of hydrogen-bond donors (Lipinski definition) is 1. The maximum atomic E-state index is 12.6. The Kier molecular flexibility index (Phi) is 6.57. The van der Waals surface area contributed by atoms with E-state index in [1.54, 1.807) is 17.9 Å². The largest absolute Gasteiger partial charge is 0.490 e. The maximum absolute atomic E-state index is 12.6. The van der Waals surface area contributed by atoms with Crippen molar-refractivity contribution in [3.05, 3.63) is 48.4 Å². The SMILES string of the molecule is CCOc1ccccc1OC1CCN(C(=O)C(C)NC(=O)c2ccoc2)CC1. The molecule has 1 fully saturated rings. The van der Waals surface area contributed by atoms with Crippen molar-refractivity contribution in [3.63, 3.8) is 0 Å². The number of piperidine rings is 1. The highest BCUT2D eigenvalue weighted by atomic mass is 16.5. The average Bonchev–Trinajstić information content (AvgIpc) is 3.25. The summed E-state index contributed by atoms with van der Waals surface area (Å²) in [5, 5.41) is 2.71. The van der Waals surface area contributed by atoms with Crippen LogP contribution >= 0.6 is 0 Å². The molecule has 1 saturated heterocycles. The molecule has 1 aromatic carbocycles. The highest BCUT2D eigenvalue weighted by Gasteiger charge is 2.28. The lowest BCUT2D eigenvalue weighted by molar-refractivity contribution is -0.134. The highest BCUT2D eigenvalue weighted by Crippen LogP contribution is 2.29. The molecule has 1 unspecified atom stereocenters. The summed E-state index contributed by atoms with van der Waals surface area (Å²) in [4.78, 5) is 26.5. The number of amides is 2. The molecule has 150 valence electrons. The molecule has 1 aromatic heterocycles. The van der Waals surface area contributed by atoms with Crippen LogP contribution in [0.2, 0.25) is 0 Å². The number of nitrogens with one attached hydrogen (secondary N) is 1. The molecule has 28 heavy (non-hydrogen) atoms. The monoisotopic (exact) mass is 386 g/mol. The van der Waals surface area contributed by atoms with E-state index >= 15 is 0 Å². The predicted molar refractivity (Wildman–Crippen MR) is 103 cm³/mol. The van der Waals surface area contributed by atoms with Gasteiger partial charge < -0.3 is 24.1 Å². The molecule has 7 nitrogen and oxygen atoms in total. The number of benzene rings is 1. The molecule has 1 atom stereocenters. The van der Waals surface area contributed by atoms with Crippen molar-refractivity contribution >= 4 is 11.8 Å². The Bertz CT molecular complexity index is 782. The summed E-state index contributed by atoms with van der Waals surface area (Å²) in [6, 6.07) is 8.59. The first-order valence-electron chi connectivity index (χ1n) is 9.58. The molecule has 1 aliphatic rings. The topological polar surface area (TPSA) is 81.0 Å². The van der Waals surface area contributed by atoms with Crippen molar-refractivity contribution in [3.8, 4) is 11.5 Å². The first-order chi connectivity index (χ1) is 13.6. The number of para-hydroxylation sites is 2. The minimum Gasteiger partial charge on any atom is -0.490 e. The van der Waals surface area contributed by atoms with Gasteiger partial charge in [-0.3, -0.25) is 9.59 Å². The minimum absolute atomic E-state index is 0.0292. The molecule has 3 rings (SSSR count). The van der Waals surface area contributed by atoms with E-state index in [9.17, 15) is 9.59 Å². The lowest BCUT2D eigenvalue weighted by Gasteiger charge is -2.34. The zero-order valence-electron chi connectivity index (χ0n) is 16.2. The highest BCUT2D eigenvalue weighted by molar-refractivity contribution is 5.97. The average molecular weight is 386 g/mol. The van der Waals surface area contributed by atoms with Crippen LogP contribution in [0.5, 0.6) is 11.5 Å². The second-order valence-corrected chi connectivity index (χ2v) is 6.73. The number of carbonyl (C=O) groups excluding carboxylic acids is 2. The lowest BCUT2D eigenvalue weighted by Crippen LogP contribution is -2.50. The van der Waals surface area contributed by atoms with E-state index in [1.165, 1.54) is 12.5 Å². The number of likely N-dealkylation sites (tertiary alicyclic amines) is 1. The van der Waals surface area contributed by atoms with Gasteiger partial charge in [-0.25, -0.2) is 0 Å². The van der Waals surface area contributed by atoms with Crippen LogP contribution in [0.1, 0.15) is 37.0 Å². The molecule has 2 heterocycles. The minimum atomic E-state index is -0.599. The molecule has 2 aromatic rings. The predicted octanol–water partition coefficient (Wildman–Crippen LogP) is 2.87. The second kappa shape index (κ2) is 9.30. The molecule has 0 aliphatic carbocycles. The van der Waals surface area contributed by atoms with Gasteiger partial charge >= 0.3 is 0 Å². The summed E-state index contributed by atoms with van der Waals surface area (Å²) in [6.07, 6.45) is 4.27. The zero-order valence-corrected chi connectivity index (χ0v) is 16.2. The van der Waals surface area contributed by atoms with Gasteiger partial charge in [0.05, 0.1) is 18.4 Å². The van der Waals surface area contributed by atoms with E-state index < -0.39 is 6.04 Å². The van der Waals surface area contributed by atoms with Crippen LogP contribution < -0.4 is 14.8 Å². The van der Waals surface area contributed by atoms with Crippen molar-refractivity contribution in [1.82, 2.24) is 10.2 Å². The third-order valence-electron chi connectivity index (χ3n) is 4.70. The van der Waals surface area contributed by atoms with Gasteiger partial charge in [0.25, 0.3) is 5.91 Å². The third kappa shape index (κ3) is 4.85. The Hall–Kier alpha value is -2.96. The summed E-state index contributed by atoms with van der Waals surface area (Å²) in [5.74, 6) is 1.05. The third-order valence-corrected chi connectivity index (χ3v) is 4.70. The van der Waals surface area contributed by atoms with Crippen molar-refractivity contribution in [2.75, 3.05) is 19.7 Å². The Labute approximate surface area is 164 Å². The fourth-order valence-corrected chi connectivity index (χ4v) is 3.21. The lowest BCUT2D eigenvalue weighted by atomic mass is 10.1. The van der Waals surface area contributed by atoms with Crippen LogP contribution in [-0.4, -0.2) is 48.6 Å². The Morgan fingerprint density at radius 2 is 1.93 bits per heavy atom. The fourth-order valence-electron chi connectivity index (χ4n) is 3.21. The van der Waals surface area contributed by atoms with Gasteiger partial charge in [0, 0.05) is 25.9 Å². The molecule has 7 heteroatoms. The van der Waals surface area contributed by atoms with Crippen LogP contribution in [0.4, 0.5) is 0 Å². The standard InChI is InChI=1S/C21H26N2O5/c1-3-27-18-6-4-5-7-19(18)28-17-8-11-23(12-9-17)21(25)15(2)22-20(24)16-10-13-26-14-16/h4-7,10,13-15,17H,3,8-9,11-12H2,1-2H3,(H,22,24). The number of hydrogen-bond acceptors (Lipinski definition) is 5. The van der Waals surface area contributed by atoms with Crippen LogP contribution in [0.3, 0.4) is 0 Å². The van der Waals surface area contributed by atoms with E-state index in [-0.39, 0.29) is 17.9 Å². The van der Waals surface area contributed by atoms with Crippen LogP contribution in [0.25, 0.3) is 0 Å². The zero-order chi connectivity index (χ0) is 19.9. The van der Waals surface area contributed by atoms with Gasteiger partial charge in [0.15, 0.2) is 11.5 Å². The van der Waals surface area contributed by atoms with Crippen molar-refractivity contribution in [2.24, 2.45) is 0 Å². The number of ether oxygens (including phenoxy) is 2. The van der Waals surface area contributed by atoms with Gasteiger partial charge in [-0.15, -0.1) is 0 Å². The first kappa shape index (κ1) is 19.8. The summed E-state index contributed by atoms with van der Waals surface area (Å²) in [6.45, 7) is 5.39. The molecule has 0 radical (unpaired) electrons. The van der Waals surface area contributed by atoms with Crippen LogP contribution in [0, 0.1) is 0 Å². The molecule has 1 aliphatic heterocycles. The van der Waals surface area contributed by atoms with Crippen LogP contribution in [-0.2, 0) is 4.79 Å². The smallest absolute Gasteiger partial charge is 0.255 e. The second-order valence-electron chi connectivity index (χ2n) is 6.73. The van der Waals surface area contributed by atoms with E-state index in [1.807, 2.05) is 31.2 Å². The molecule has 0 saturated carbocycles. The summed E-state index contributed by atoms with van der Waals surface area (Å²) >= 11 is 0. The molecule has 0 bridgehead atoms. The van der Waals surface area contributed by atoms with Gasteiger partial charge in [-0.2, -0.15) is 0 Å². The molecule has 0 spiro atoms. The fraction of sp³-hybridized carbons (Fsp3) is 0.429. The van der Waals surface area contributed by atoms with Crippen molar-refractivity contribution in [1.29, 1.82) is 0 Å². The first-order valence-corrected chi connectivity index (χ1v) is 9.58. The molecule has 2 amide bonds. The van der Waals surface area contributed by atoms with E-state index in [2.05, 4.69) is 5.32 Å². The Morgan fingerprint density at radius 3 is 2.57 bits per heavy atom.